The summed E-state index contributed by atoms with van der Waals surface area (Å²) in [5.41, 5.74) is 1.02. The molecule has 0 bridgehead atoms. The molecule has 1 saturated heterocycles. The molecule has 2 aromatic heterocycles. The molecule has 8 nitrogen and oxygen atoms in total. The Hall–Kier alpha value is -1.62. The highest BCUT2D eigenvalue weighted by atomic mass is 28.4. The number of aliphatic hydroxyl groups excluding tert-OH is 1. The average Bonchev–Trinajstić information content (AvgIpc) is 3.14. The van der Waals surface area contributed by atoms with Crippen LogP contribution in [0, 0.1) is 6.92 Å². The quantitative estimate of drug-likeness (QED) is 0.731. The van der Waals surface area contributed by atoms with Crippen molar-refractivity contribution in [3.05, 3.63) is 12.2 Å². The van der Waals surface area contributed by atoms with Crippen molar-refractivity contribution < 1.29 is 18.7 Å². The first-order valence-electron chi connectivity index (χ1n) is 9.47. The van der Waals surface area contributed by atoms with E-state index in [2.05, 4.69) is 54.1 Å². The number of hydrogen-bond acceptors (Lipinski definition) is 7. The Bertz CT molecular complexity index is 854. The van der Waals surface area contributed by atoms with E-state index in [0.717, 1.165) is 0 Å². The zero-order valence-electron chi connectivity index (χ0n) is 17.5. The molecule has 0 radical (unpaired) electrons. The summed E-state index contributed by atoms with van der Waals surface area (Å²) in [7, 11) is -0.508. The highest BCUT2D eigenvalue weighted by Gasteiger charge is 2.51. The monoisotopic (exact) mass is 411 g/mol. The standard InChI is InChI=1S/C18H30FN5O3Si/c1-10-22-15(20-5)13-16(23-10)24(9-21-13)17-12(19)14(11(8-25)26-17)27-28(6,7)18(2,3)4/h9,11-12,14,17,25H,8H2,1-7H3,(H,20,22,23)/t11-,12-,14?,17-/m1/s1. The van der Waals surface area contributed by atoms with Gasteiger partial charge in [-0.3, -0.25) is 4.57 Å². The molecular weight excluding hydrogens is 381 g/mol. The van der Waals surface area contributed by atoms with Gasteiger partial charge in [-0.1, -0.05) is 20.8 Å². The van der Waals surface area contributed by atoms with Gasteiger partial charge in [-0.25, -0.2) is 19.3 Å². The number of imidazole rings is 1. The van der Waals surface area contributed by atoms with E-state index in [0.29, 0.717) is 22.8 Å². The summed E-state index contributed by atoms with van der Waals surface area (Å²) in [4.78, 5) is 13.1. The molecule has 10 heteroatoms. The second-order valence-corrected chi connectivity index (χ2v) is 13.5. The minimum absolute atomic E-state index is 0.0848. The number of rotatable bonds is 5. The predicted molar refractivity (Wildman–Crippen MR) is 108 cm³/mol. The number of fused-ring (bicyclic) bond motifs is 1. The fraction of sp³-hybridized carbons (Fsp3) is 0.722. The summed E-state index contributed by atoms with van der Waals surface area (Å²) in [6.45, 7) is 11.8. The van der Waals surface area contributed by atoms with Gasteiger partial charge in [-0.2, -0.15) is 0 Å². The van der Waals surface area contributed by atoms with Gasteiger partial charge >= 0.3 is 0 Å². The molecule has 1 aliphatic rings. The minimum Gasteiger partial charge on any atom is -0.408 e. The van der Waals surface area contributed by atoms with Crippen molar-refractivity contribution >= 4 is 25.3 Å². The SMILES string of the molecule is CNc1nc(C)nc2c1ncn2[C@@H]1O[C@H](CO)C(O[Si](C)(C)C(C)(C)C)[C@H]1F. The Kier molecular flexibility index (Phi) is 5.52. The van der Waals surface area contributed by atoms with Gasteiger partial charge in [-0.05, 0) is 25.1 Å². The van der Waals surface area contributed by atoms with E-state index in [9.17, 15) is 5.11 Å². The molecule has 3 heterocycles. The first-order chi connectivity index (χ1) is 13.0. The lowest BCUT2D eigenvalue weighted by Gasteiger charge is -2.39. The third kappa shape index (κ3) is 3.54. The van der Waals surface area contributed by atoms with Gasteiger partial charge < -0.3 is 19.6 Å². The molecule has 2 aromatic rings. The van der Waals surface area contributed by atoms with Gasteiger partial charge in [0.1, 0.15) is 18.0 Å². The number of nitrogens with zero attached hydrogens (tertiary/aromatic N) is 4. The van der Waals surface area contributed by atoms with Crippen molar-refractivity contribution in [3.63, 3.8) is 0 Å². The van der Waals surface area contributed by atoms with Gasteiger partial charge in [0.15, 0.2) is 37.7 Å². The molecule has 1 unspecified atom stereocenters. The zero-order chi connectivity index (χ0) is 20.9. The van der Waals surface area contributed by atoms with Crippen molar-refractivity contribution in [1.82, 2.24) is 19.5 Å². The van der Waals surface area contributed by atoms with E-state index in [1.54, 1.807) is 18.5 Å². The Labute approximate surface area is 165 Å². The molecule has 4 atom stereocenters. The van der Waals surface area contributed by atoms with Gasteiger partial charge in [0.2, 0.25) is 0 Å². The molecule has 1 aliphatic heterocycles. The number of hydrogen-bond donors (Lipinski definition) is 2. The van der Waals surface area contributed by atoms with Gasteiger partial charge in [-0.15, -0.1) is 0 Å². The summed E-state index contributed by atoms with van der Waals surface area (Å²) >= 11 is 0. The van der Waals surface area contributed by atoms with Crippen molar-refractivity contribution in [3.8, 4) is 0 Å². The number of aromatic nitrogens is 4. The molecule has 0 saturated carbocycles. The lowest BCUT2D eigenvalue weighted by Crippen LogP contribution is -2.49. The highest BCUT2D eigenvalue weighted by molar-refractivity contribution is 6.74. The van der Waals surface area contributed by atoms with Crippen molar-refractivity contribution in [2.75, 3.05) is 19.0 Å². The van der Waals surface area contributed by atoms with E-state index in [1.165, 1.54) is 6.33 Å². The first kappa shape index (κ1) is 21.1. The number of alkyl halides is 1. The van der Waals surface area contributed by atoms with E-state index in [-0.39, 0.29) is 11.6 Å². The third-order valence-electron chi connectivity index (χ3n) is 5.73. The van der Waals surface area contributed by atoms with Crippen molar-refractivity contribution in [2.45, 2.75) is 70.4 Å². The van der Waals surface area contributed by atoms with E-state index < -0.39 is 32.9 Å². The zero-order valence-corrected chi connectivity index (χ0v) is 18.5. The largest absolute Gasteiger partial charge is 0.408 e. The Morgan fingerprint density at radius 2 is 2.04 bits per heavy atom. The van der Waals surface area contributed by atoms with E-state index >= 15 is 4.39 Å². The van der Waals surface area contributed by atoms with Crippen molar-refractivity contribution in [2.24, 2.45) is 0 Å². The smallest absolute Gasteiger partial charge is 0.192 e. The third-order valence-corrected chi connectivity index (χ3v) is 10.2. The van der Waals surface area contributed by atoms with Crippen LogP contribution >= 0.6 is 0 Å². The molecule has 0 spiro atoms. The second kappa shape index (κ2) is 7.32. The van der Waals surface area contributed by atoms with E-state index in [1.807, 2.05) is 0 Å². The molecule has 2 N–H and O–H groups in total. The topological polar surface area (TPSA) is 94.3 Å². The van der Waals surface area contributed by atoms with Crippen LogP contribution in [0.4, 0.5) is 10.2 Å². The normalized spacial score (nSPS) is 26.2. The first-order valence-corrected chi connectivity index (χ1v) is 12.4. The minimum atomic E-state index is -2.25. The lowest BCUT2D eigenvalue weighted by atomic mass is 10.1. The number of halogens is 1. The molecule has 0 aliphatic carbocycles. The Balaban J connectivity index is 1.97. The Morgan fingerprint density at radius 1 is 1.36 bits per heavy atom. The van der Waals surface area contributed by atoms with Crippen LogP contribution in [0.5, 0.6) is 0 Å². The number of anilines is 1. The van der Waals surface area contributed by atoms with Gasteiger partial charge in [0.05, 0.1) is 12.9 Å². The molecule has 0 amide bonds. The van der Waals surface area contributed by atoms with Crippen LogP contribution in [0.3, 0.4) is 0 Å². The summed E-state index contributed by atoms with van der Waals surface area (Å²) in [6.07, 6.45) is -2.54. The fourth-order valence-corrected chi connectivity index (χ4v) is 4.42. The molecule has 3 rings (SSSR count). The second-order valence-electron chi connectivity index (χ2n) is 8.73. The van der Waals surface area contributed by atoms with Crippen LogP contribution in [0.15, 0.2) is 6.33 Å². The molecule has 0 aromatic carbocycles. The average molecular weight is 412 g/mol. The summed E-state index contributed by atoms with van der Waals surface area (Å²) in [5.74, 6) is 1.11. The maximum absolute atomic E-state index is 15.5. The van der Waals surface area contributed by atoms with Crippen LogP contribution in [-0.4, -0.2) is 65.0 Å². The Morgan fingerprint density at radius 3 is 2.61 bits per heavy atom. The molecule has 1 fully saturated rings. The highest BCUT2D eigenvalue weighted by Crippen LogP contribution is 2.42. The fourth-order valence-electron chi connectivity index (χ4n) is 3.11. The summed E-state index contributed by atoms with van der Waals surface area (Å²) < 4.78 is 29.3. The number of aliphatic hydroxyl groups is 1. The molecular formula is C18H30FN5O3Si. The van der Waals surface area contributed by atoms with E-state index in [4.69, 9.17) is 9.16 Å². The van der Waals surface area contributed by atoms with Crippen LogP contribution in [0.25, 0.3) is 11.2 Å². The van der Waals surface area contributed by atoms with Crippen LogP contribution in [0.2, 0.25) is 18.1 Å². The van der Waals surface area contributed by atoms with Gasteiger partial charge in [0, 0.05) is 7.05 Å². The summed E-state index contributed by atoms with van der Waals surface area (Å²) in [6, 6.07) is 0. The summed E-state index contributed by atoms with van der Waals surface area (Å²) in [5, 5.41) is 12.7. The number of ether oxygens (including phenoxy) is 1. The van der Waals surface area contributed by atoms with Crippen LogP contribution < -0.4 is 5.32 Å². The molecule has 28 heavy (non-hydrogen) atoms. The van der Waals surface area contributed by atoms with Crippen LogP contribution in [0.1, 0.15) is 32.8 Å². The predicted octanol–water partition coefficient (Wildman–Crippen LogP) is 2.79. The maximum atomic E-state index is 15.5. The lowest BCUT2D eigenvalue weighted by molar-refractivity contribution is -0.0445. The number of nitrogens with one attached hydrogen (secondary N) is 1. The van der Waals surface area contributed by atoms with Crippen molar-refractivity contribution in [1.29, 1.82) is 0 Å². The molecule has 156 valence electrons. The van der Waals surface area contributed by atoms with Gasteiger partial charge in [0.25, 0.3) is 0 Å². The maximum Gasteiger partial charge on any atom is 0.192 e. The van der Waals surface area contributed by atoms with Crippen LogP contribution in [-0.2, 0) is 9.16 Å². The number of aryl methyl sites for hydroxylation is 1.